The van der Waals surface area contributed by atoms with Gasteiger partial charge in [-0.2, -0.15) is 0 Å². The van der Waals surface area contributed by atoms with Crippen LogP contribution in [-0.4, -0.2) is 3.21 Å². The number of benzene rings is 5. The molecule has 0 saturated carbocycles. The molecule has 0 radical (unpaired) electrons. The van der Waals surface area contributed by atoms with E-state index < -0.39 is 21.3 Å². The molecule has 42 heavy (non-hydrogen) atoms. The van der Waals surface area contributed by atoms with Crippen molar-refractivity contribution in [3.8, 4) is 11.1 Å². The molecule has 0 heterocycles. The van der Waals surface area contributed by atoms with Gasteiger partial charge in [-0.05, 0) is 0 Å². The summed E-state index contributed by atoms with van der Waals surface area (Å²) in [6.07, 6.45) is 8.30. The molecule has 7 rings (SSSR count). The van der Waals surface area contributed by atoms with E-state index in [9.17, 15) is 0 Å². The molecule has 3 heteroatoms. The van der Waals surface area contributed by atoms with Crippen LogP contribution in [0.2, 0.25) is 0 Å². The molecular formula is C39H34Cl2Zr. The van der Waals surface area contributed by atoms with E-state index in [2.05, 4.69) is 153 Å². The second-order valence-corrected chi connectivity index (χ2v) is 17.7. The molecule has 5 aromatic rings. The molecule has 0 spiro atoms. The van der Waals surface area contributed by atoms with Crippen molar-refractivity contribution >= 4 is 14.0 Å². The summed E-state index contributed by atoms with van der Waals surface area (Å²) < 4.78 is 3.98. The Hall–Kier alpha value is -2.83. The van der Waals surface area contributed by atoms with Gasteiger partial charge < -0.3 is 24.8 Å². The van der Waals surface area contributed by atoms with Crippen molar-refractivity contribution in [3.05, 3.63) is 165 Å². The van der Waals surface area contributed by atoms with Gasteiger partial charge in [0.2, 0.25) is 0 Å². The smallest absolute Gasteiger partial charge is 1.00 e. The van der Waals surface area contributed by atoms with E-state index in [1.807, 2.05) is 0 Å². The average Bonchev–Trinajstić information content (AvgIpc) is 3.67. The first-order valence-corrected chi connectivity index (χ1v) is 18.4. The zero-order valence-corrected chi connectivity index (χ0v) is 27.9. The van der Waals surface area contributed by atoms with Crippen molar-refractivity contribution in [2.75, 3.05) is 0 Å². The van der Waals surface area contributed by atoms with Crippen LogP contribution in [0.15, 0.2) is 143 Å². The van der Waals surface area contributed by atoms with E-state index in [1.165, 1.54) is 33.0 Å². The third-order valence-electron chi connectivity index (χ3n) is 9.07. The van der Waals surface area contributed by atoms with Crippen LogP contribution in [-0.2, 0) is 21.3 Å². The first-order chi connectivity index (χ1) is 19.7. The summed E-state index contributed by atoms with van der Waals surface area (Å²) in [7, 11) is 0. The summed E-state index contributed by atoms with van der Waals surface area (Å²) in [6.45, 7) is 4.97. The molecular weight excluding hydrogens is 631 g/mol. The molecule has 5 aromatic carbocycles. The van der Waals surface area contributed by atoms with Crippen LogP contribution < -0.4 is 24.8 Å². The van der Waals surface area contributed by atoms with E-state index in [1.54, 1.807) is 17.6 Å². The number of hydrogen-bond acceptors (Lipinski definition) is 0. The Labute approximate surface area is 270 Å². The maximum atomic E-state index is 2.50. The van der Waals surface area contributed by atoms with E-state index >= 15 is 0 Å². The first kappa shape index (κ1) is 30.6. The SMILES string of the molecule is CC([C](C(C)c1ccccc1)=[Zr+2]([C]1=CC=CC1)[CH]1c2ccccc2-c2ccc3ccccc3c21)c1ccccc1.[Cl-].[Cl-]. The molecule has 0 fully saturated rings. The molecule has 3 unspecified atom stereocenters. The Morgan fingerprint density at radius 3 is 1.88 bits per heavy atom. The van der Waals surface area contributed by atoms with Crippen molar-refractivity contribution < 1.29 is 46.1 Å². The minimum absolute atomic E-state index is 0. The molecule has 0 N–H and O–H groups in total. The van der Waals surface area contributed by atoms with Gasteiger partial charge in [-0.15, -0.1) is 0 Å². The largest absolute Gasteiger partial charge is 1.00 e. The van der Waals surface area contributed by atoms with Crippen molar-refractivity contribution in [1.29, 1.82) is 0 Å². The van der Waals surface area contributed by atoms with Crippen LogP contribution in [0, 0.1) is 0 Å². The summed E-state index contributed by atoms with van der Waals surface area (Å²) in [5.74, 6) is 0.775. The van der Waals surface area contributed by atoms with Gasteiger partial charge in [0.15, 0.2) is 0 Å². The molecule has 3 atom stereocenters. The Balaban J connectivity index is 0.00000176. The molecule has 0 aromatic heterocycles. The fourth-order valence-corrected chi connectivity index (χ4v) is 17.3. The van der Waals surface area contributed by atoms with Gasteiger partial charge in [0, 0.05) is 0 Å². The Bertz CT molecular complexity index is 1750. The Morgan fingerprint density at radius 1 is 0.643 bits per heavy atom. The van der Waals surface area contributed by atoms with E-state index in [4.69, 9.17) is 0 Å². The standard InChI is InChI=1S/C17H11.C17H18.C5H5.2ClH.Zr/c1-3-7-14-12(5-1)9-10-16-15-8-4-2-6-13(15)11-17(14)16;1-14(16-9-5-3-6-10-16)13-15(2)17-11-7-4-8-12-17;1-2-4-5-3-1;;;/h1-11H;3-12,14-15H,1-2H3;1-3H,4H2;2*1H;/q;;;;;+2/p-2. The van der Waals surface area contributed by atoms with Crippen molar-refractivity contribution in [2.24, 2.45) is 0 Å². The van der Waals surface area contributed by atoms with Gasteiger partial charge in [0.1, 0.15) is 0 Å². The monoisotopic (exact) mass is 662 g/mol. The van der Waals surface area contributed by atoms with Crippen molar-refractivity contribution in [1.82, 2.24) is 0 Å². The fraction of sp³-hybridized carbons (Fsp3) is 0.154. The molecule has 0 aliphatic heterocycles. The van der Waals surface area contributed by atoms with Crippen LogP contribution in [0.3, 0.4) is 0 Å². The fourth-order valence-electron chi connectivity index (χ4n) is 7.16. The normalized spacial score (nSPS) is 15.7. The predicted molar refractivity (Wildman–Crippen MR) is 168 cm³/mol. The Kier molecular flexibility index (Phi) is 9.64. The van der Waals surface area contributed by atoms with Crippen LogP contribution in [0.4, 0.5) is 0 Å². The summed E-state index contributed by atoms with van der Waals surface area (Å²) >= 11 is -2.63. The second kappa shape index (κ2) is 13.2. The minimum atomic E-state index is -2.63. The minimum Gasteiger partial charge on any atom is -1.00 e. The summed E-state index contributed by atoms with van der Waals surface area (Å²) in [6, 6.07) is 45.6. The van der Waals surface area contributed by atoms with Crippen LogP contribution >= 0.6 is 0 Å². The molecule has 2 aliphatic rings. The third kappa shape index (κ3) is 5.37. The van der Waals surface area contributed by atoms with E-state index in [0.29, 0.717) is 15.5 Å². The number of fused-ring (bicyclic) bond motifs is 5. The predicted octanol–water partition coefficient (Wildman–Crippen LogP) is 4.16. The van der Waals surface area contributed by atoms with Crippen LogP contribution in [0.1, 0.15) is 58.0 Å². The third-order valence-corrected chi connectivity index (χ3v) is 18.2. The second-order valence-electron chi connectivity index (χ2n) is 11.2. The summed E-state index contributed by atoms with van der Waals surface area (Å²) in [5, 5.41) is 2.79. The summed E-state index contributed by atoms with van der Waals surface area (Å²) in [4.78, 5) is 0. The Morgan fingerprint density at radius 2 is 1.24 bits per heavy atom. The van der Waals surface area contributed by atoms with Gasteiger partial charge >= 0.3 is 247 Å². The topological polar surface area (TPSA) is 0 Å². The van der Waals surface area contributed by atoms with Gasteiger partial charge in [-0.25, -0.2) is 0 Å². The number of rotatable bonds is 6. The number of allylic oxidation sites excluding steroid dienone is 4. The van der Waals surface area contributed by atoms with Gasteiger partial charge in [0.05, 0.1) is 0 Å². The molecule has 0 saturated heterocycles. The van der Waals surface area contributed by atoms with Crippen molar-refractivity contribution in [2.45, 2.75) is 35.7 Å². The quantitative estimate of drug-likeness (QED) is 0.256. The number of hydrogen-bond donors (Lipinski definition) is 0. The molecule has 2 aliphatic carbocycles. The first-order valence-electron chi connectivity index (χ1n) is 14.5. The maximum absolute atomic E-state index is 2.63. The molecule has 208 valence electrons. The van der Waals surface area contributed by atoms with Gasteiger partial charge in [-0.1, -0.05) is 0 Å². The van der Waals surface area contributed by atoms with Gasteiger partial charge in [0.25, 0.3) is 0 Å². The molecule has 0 nitrogen and oxygen atoms in total. The zero-order valence-electron chi connectivity index (χ0n) is 24.0. The summed E-state index contributed by atoms with van der Waals surface area (Å²) in [5.41, 5.74) is 8.90. The van der Waals surface area contributed by atoms with Crippen molar-refractivity contribution in [3.63, 3.8) is 0 Å². The van der Waals surface area contributed by atoms with E-state index in [-0.39, 0.29) is 24.8 Å². The van der Waals surface area contributed by atoms with E-state index in [0.717, 1.165) is 6.42 Å². The zero-order chi connectivity index (χ0) is 27.1. The number of halogens is 2. The van der Waals surface area contributed by atoms with Crippen LogP contribution in [0.25, 0.3) is 21.9 Å². The molecule has 0 bridgehead atoms. The maximum Gasteiger partial charge on any atom is -1.00 e. The van der Waals surface area contributed by atoms with Crippen LogP contribution in [0.5, 0.6) is 0 Å². The molecule has 0 amide bonds. The average molecular weight is 665 g/mol. The van der Waals surface area contributed by atoms with Gasteiger partial charge in [-0.3, -0.25) is 0 Å².